The number of anilines is 1. The summed E-state index contributed by atoms with van der Waals surface area (Å²) in [6.07, 6.45) is 0. The molecule has 1 aromatic carbocycles. The van der Waals surface area contributed by atoms with Crippen molar-refractivity contribution >= 4 is 5.69 Å². The first kappa shape index (κ1) is 8.08. The predicted octanol–water partition coefficient (Wildman–Crippen LogP) is 1.48. The van der Waals surface area contributed by atoms with Crippen LogP contribution in [0.15, 0.2) is 30.3 Å². The van der Waals surface area contributed by atoms with E-state index in [-0.39, 0.29) is 12.6 Å². The van der Waals surface area contributed by atoms with E-state index >= 15 is 0 Å². The summed E-state index contributed by atoms with van der Waals surface area (Å²) in [5, 5.41) is 11.9. The van der Waals surface area contributed by atoms with Gasteiger partial charge in [-0.25, -0.2) is 0 Å². The third kappa shape index (κ3) is 2.60. The van der Waals surface area contributed by atoms with E-state index in [9.17, 15) is 0 Å². The third-order valence-electron chi connectivity index (χ3n) is 1.46. The van der Waals surface area contributed by atoms with E-state index in [4.69, 9.17) is 5.11 Å². The van der Waals surface area contributed by atoms with Crippen LogP contribution in [0.5, 0.6) is 0 Å². The number of aliphatic hydroxyl groups excluding tert-OH is 1. The first-order valence-electron chi connectivity index (χ1n) is 3.75. The Balaban J connectivity index is 2.51. The molecule has 0 spiro atoms. The van der Waals surface area contributed by atoms with Crippen molar-refractivity contribution in [2.24, 2.45) is 0 Å². The topological polar surface area (TPSA) is 32.3 Å². The molecule has 0 saturated heterocycles. The Kier molecular flexibility index (Phi) is 2.93. The molecule has 1 aromatic rings. The van der Waals surface area contributed by atoms with Crippen LogP contribution in [-0.4, -0.2) is 17.8 Å². The van der Waals surface area contributed by atoms with Gasteiger partial charge in [-0.1, -0.05) is 18.2 Å². The summed E-state index contributed by atoms with van der Waals surface area (Å²) in [4.78, 5) is 0. The van der Waals surface area contributed by atoms with E-state index in [2.05, 4.69) is 5.32 Å². The number of para-hydroxylation sites is 1. The third-order valence-corrected chi connectivity index (χ3v) is 1.46. The van der Waals surface area contributed by atoms with Crippen molar-refractivity contribution in [3.8, 4) is 0 Å². The summed E-state index contributed by atoms with van der Waals surface area (Å²) in [7, 11) is 0. The van der Waals surface area contributed by atoms with Crippen molar-refractivity contribution in [3.05, 3.63) is 30.3 Å². The highest BCUT2D eigenvalue weighted by atomic mass is 16.3. The molecule has 0 radical (unpaired) electrons. The highest BCUT2D eigenvalue weighted by Crippen LogP contribution is 2.05. The molecule has 1 atom stereocenters. The molecule has 0 bridgehead atoms. The second kappa shape index (κ2) is 3.98. The summed E-state index contributed by atoms with van der Waals surface area (Å²) in [5.74, 6) is 0. The number of aliphatic hydroxyl groups is 1. The summed E-state index contributed by atoms with van der Waals surface area (Å²) >= 11 is 0. The number of nitrogens with one attached hydrogen (secondary N) is 1. The first-order chi connectivity index (χ1) is 5.33. The molecule has 1 unspecified atom stereocenters. The van der Waals surface area contributed by atoms with Gasteiger partial charge in [-0.05, 0) is 19.1 Å². The van der Waals surface area contributed by atoms with Gasteiger partial charge < -0.3 is 10.4 Å². The van der Waals surface area contributed by atoms with Gasteiger partial charge in [0, 0.05) is 11.7 Å². The molecule has 0 amide bonds. The van der Waals surface area contributed by atoms with E-state index < -0.39 is 0 Å². The summed E-state index contributed by atoms with van der Waals surface area (Å²) < 4.78 is 0. The van der Waals surface area contributed by atoms with Crippen LogP contribution in [0.2, 0.25) is 0 Å². The molecule has 11 heavy (non-hydrogen) atoms. The fourth-order valence-corrected chi connectivity index (χ4v) is 0.865. The Morgan fingerprint density at radius 3 is 2.55 bits per heavy atom. The van der Waals surface area contributed by atoms with Gasteiger partial charge in [0.05, 0.1) is 6.61 Å². The number of rotatable bonds is 3. The van der Waals surface area contributed by atoms with Gasteiger partial charge >= 0.3 is 0 Å². The Hall–Kier alpha value is -1.02. The minimum absolute atomic E-state index is 0.123. The average Bonchev–Trinajstić information content (AvgIpc) is 2.06. The minimum atomic E-state index is 0.123. The fraction of sp³-hybridized carbons (Fsp3) is 0.333. The van der Waals surface area contributed by atoms with Crippen LogP contribution in [0.4, 0.5) is 5.69 Å². The Morgan fingerprint density at radius 2 is 2.00 bits per heavy atom. The maximum Gasteiger partial charge on any atom is 0.0630 e. The summed E-state index contributed by atoms with van der Waals surface area (Å²) in [5.41, 5.74) is 1.05. The lowest BCUT2D eigenvalue weighted by Gasteiger charge is -2.11. The Morgan fingerprint density at radius 1 is 1.36 bits per heavy atom. The fourth-order valence-electron chi connectivity index (χ4n) is 0.865. The second-order valence-electron chi connectivity index (χ2n) is 2.59. The van der Waals surface area contributed by atoms with Crippen molar-refractivity contribution < 1.29 is 5.11 Å². The molecule has 60 valence electrons. The molecule has 1 rings (SSSR count). The quantitative estimate of drug-likeness (QED) is 0.685. The molecular weight excluding hydrogens is 138 g/mol. The molecule has 2 nitrogen and oxygen atoms in total. The molecule has 0 aliphatic rings. The zero-order valence-corrected chi connectivity index (χ0v) is 6.62. The Labute approximate surface area is 66.9 Å². The molecule has 0 aliphatic carbocycles. The standard InChI is InChI=1S/C9H13NO/c1-8(7-11)10-9-5-3-2-4-6-9/h2-6,8,10-11H,7H2,1H3. The van der Waals surface area contributed by atoms with E-state index in [1.807, 2.05) is 37.3 Å². The van der Waals surface area contributed by atoms with Crippen LogP contribution in [0.25, 0.3) is 0 Å². The van der Waals surface area contributed by atoms with Crippen molar-refractivity contribution in [2.45, 2.75) is 13.0 Å². The highest BCUT2D eigenvalue weighted by molar-refractivity contribution is 5.43. The van der Waals surface area contributed by atoms with Crippen LogP contribution >= 0.6 is 0 Å². The van der Waals surface area contributed by atoms with Gasteiger partial charge in [0.25, 0.3) is 0 Å². The zero-order valence-electron chi connectivity index (χ0n) is 6.62. The number of hydrogen-bond acceptors (Lipinski definition) is 2. The minimum Gasteiger partial charge on any atom is -0.394 e. The van der Waals surface area contributed by atoms with E-state index in [0.717, 1.165) is 5.69 Å². The normalized spacial score (nSPS) is 12.5. The molecule has 2 N–H and O–H groups in total. The summed E-state index contributed by atoms with van der Waals surface area (Å²) in [6.45, 7) is 2.10. The highest BCUT2D eigenvalue weighted by Gasteiger charge is 1.96. The number of benzene rings is 1. The van der Waals surface area contributed by atoms with Crippen LogP contribution in [0.3, 0.4) is 0 Å². The molecule has 0 aliphatic heterocycles. The lowest BCUT2D eigenvalue weighted by atomic mass is 10.3. The van der Waals surface area contributed by atoms with Crippen molar-refractivity contribution in [2.75, 3.05) is 11.9 Å². The molecule has 0 fully saturated rings. The van der Waals surface area contributed by atoms with Gasteiger partial charge in [0.1, 0.15) is 0 Å². The lowest BCUT2D eigenvalue weighted by Crippen LogP contribution is -2.18. The lowest BCUT2D eigenvalue weighted by molar-refractivity contribution is 0.281. The molecule has 0 aromatic heterocycles. The zero-order chi connectivity index (χ0) is 8.10. The van der Waals surface area contributed by atoms with Gasteiger partial charge in [0.15, 0.2) is 0 Å². The van der Waals surface area contributed by atoms with Gasteiger partial charge in [-0.2, -0.15) is 0 Å². The first-order valence-corrected chi connectivity index (χ1v) is 3.75. The SMILES string of the molecule is CC(CO)Nc1ccccc1. The second-order valence-corrected chi connectivity index (χ2v) is 2.59. The van der Waals surface area contributed by atoms with Gasteiger partial charge in [-0.15, -0.1) is 0 Å². The monoisotopic (exact) mass is 151 g/mol. The molecular formula is C9H13NO. The molecule has 0 heterocycles. The van der Waals surface area contributed by atoms with Crippen LogP contribution < -0.4 is 5.32 Å². The van der Waals surface area contributed by atoms with Crippen molar-refractivity contribution in [3.63, 3.8) is 0 Å². The van der Waals surface area contributed by atoms with E-state index in [1.54, 1.807) is 0 Å². The maximum absolute atomic E-state index is 8.73. The largest absolute Gasteiger partial charge is 0.394 e. The number of hydrogen-bond donors (Lipinski definition) is 2. The van der Waals surface area contributed by atoms with Crippen LogP contribution in [-0.2, 0) is 0 Å². The van der Waals surface area contributed by atoms with Gasteiger partial charge in [0.2, 0.25) is 0 Å². The van der Waals surface area contributed by atoms with E-state index in [0.29, 0.717) is 0 Å². The van der Waals surface area contributed by atoms with Crippen LogP contribution in [0.1, 0.15) is 6.92 Å². The maximum atomic E-state index is 8.73. The smallest absolute Gasteiger partial charge is 0.0630 e. The Bertz CT molecular complexity index is 198. The molecule has 2 heteroatoms. The predicted molar refractivity (Wildman–Crippen MR) is 46.6 cm³/mol. The van der Waals surface area contributed by atoms with E-state index in [1.165, 1.54) is 0 Å². The van der Waals surface area contributed by atoms with Gasteiger partial charge in [-0.3, -0.25) is 0 Å². The van der Waals surface area contributed by atoms with Crippen molar-refractivity contribution in [1.29, 1.82) is 0 Å². The van der Waals surface area contributed by atoms with Crippen molar-refractivity contribution in [1.82, 2.24) is 0 Å². The summed E-state index contributed by atoms with van der Waals surface area (Å²) in [6, 6.07) is 9.98. The average molecular weight is 151 g/mol. The molecule has 0 saturated carbocycles. The van der Waals surface area contributed by atoms with Crippen LogP contribution in [0, 0.1) is 0 Å².